The van der Waals surface area contributed by atoms with E-state index in [1.165, 1.54) is 0 Å². The highest BCUT2D eigenvalue weighted by molar-refractivity contribution is 9.12. The Morgan fingerprint density at radius 1 is 1.03 bits per heavy atom. The zero-order valence-corrected chi connectivity index (χ0v) is 21.7. The summed E-state index contributed by atoms with van der Waals surface area (Å²) in [6, 6.07) is 5.70. The molecule has 0 unspecified atom stereocenters. The number of hydrogen-bond acceptors (Lipinski definition) is 5. The van der Waals surface area contributed by atoms with Crippen molar-refractivity contribution in [2.75, 3.05) is 6.61 Å². The molecule has 0 aromatic heterocycles. The lowest BCUT2D eigenvalue weighted by molar-refractivity contribution is -0.160. The molecule has 2 saturated carbocycles. The Kier molecular flexibility index (Phi) is 6.49. The summed E-state index contributed by atoms with van der Waals surface area (Å²) in [6.07, 6.45) is 0.824. The number of fused-ring (bicyclic) bond motifs is 5. The van der Waals surface area contributed by atoms with E-state index in [4.69, 9.17) is 4.74 Å². The van der Waals surface area contributed by atoms with Crippen LogP contribution in [0.2, 0.25) is 0 Å². The van der Waals surface area contributed by atoms with Crippen molar-refractivity contribution in [3.05, 3.63) is 34.3 Å². The molecular formula is C22H22Br3NO5. The Hall–Kier alpha value is -1.06. The van der Waals surface area contributed by atoms with E-state index in [0.29, 0.717) is 5.56 Å². The van der Waals surface area contributed by atoms with Gasteiger partial charge < -0.3 is 4.74 Å². The predicted molar refractivity (Wildman–Crippen MR) is 124 cm³/mol. The van der Waals surface area contributed by atoms with Gasteiger partial charge in [-0.2, -0.15) is 0 Å². The van der Waals surface area contributed by atoms with Gasteiger partial charge in [0, 0.05) is 19.7 Å². The number of halogens is 3. The quantitative estimate of drug-likeness (QED) is 0.208. The van der Waals surface area contributed by atoms with Crippen molar-refractivity contribution in [2.24, 2.45) is 29.6 Å². The summed E-state index contributed by atoms with van der Waals surface area (Å²) >= 11 is 10.6. The number of nitrogens with zero attached hydrogens (tertiary/aromatic N) is 1. The Morgan fingerprint density at radius 2 is 1.55 bits per heavy atom. The first kappa shape index (κ1) is 23.1. The first-order valence-electron chi connectivity index (χ1n) is 10.2. The molecule has 2 amide bonds. The monoisotopic (exact) mass is 617 g/mol. The number of likely N-dealkylation sites (tertiary alicyclic amines) is 1. The largest absolute Gasteiger partial charge is 0.456 e. The van der Waals surface area contributed by atoms with Crippen LogP contribution in [-0.2, 0) is 19.1 Å². The summed E-state index contributed by atoms with van der Waals surface area (Å²) in [5.74, 6) is -2.63. The molecular weight excluding hydrogens is 598 g/mol. The molecule has 1 saturated heterocycles. The lowest BCUT2D eigenvalue weighted by Gasteiger charge is -2.28. The van der Waals surface area contributed by atoms with Crippen molar-refractivity contribution in [3.8, 4) is 0 Å². The fourth-order valence-electron chi connectivity index (χ4n) is 5.26. The summed E-state index contributed by atoms with van der Waals surface area (Å²) in [5.41, 5.74) is 0.420. The minimum atomic E-state index is -1.04. The van der Waals surface area contributed by atoms with Gasteiger partial charge in [-0.25, -0.2) is 4.79 Å². The number of benzene rings is 1. The highest BCUT2D eigenvalue weighted by Gasteiger charge is 2.67. The average molecular weight is 620 g/mol. The Morgan fingerprint density at radius 3 is 2.03 bits per heavy atom. The summed E-state index contributed by atoms with van der Waals surface area (Å²) in [4.78, 5) is 53.2. The number of rotatable bonds is 6. The zero-order chi connectivity index (χ0) is 22.6. The number of carbonyl (C=O) groups excluding carboxylic acids is 4. The fraction of sp³-hybridized carbons (Fsp3) is 0.545. The molecule has 3 fully saturated rings. The van der Waals surface area contributed by atoms with Gasteiger partial charge in [-0.05, 0) is 36.3 Å². The minimum absolute atomic E-state index is 0.0728. The van der Waals surface area contributed by atoms with Crippen LogP contribution >= 0.6 is 47.8 Å². The molecule has 9 heteroatoms. The van der Waals surface area contributed by atoms with Gasteiger partial charge in [0.15, 0.2) is 12.4 Å². The summed E-state index contributed by atoms with van der Waals surface area (Å²) in [5, 5.41) is 0. The number of carbonyl (C=O) groups is 4. The Balaban J connectivity index is 1.49. The SMILES string of the molecule is CC(C)[C@@H](C(=O)OCC(=O)c1ccc(Br)cc1)N1C(=O)[C@H]2[C@@H]3C[C@H]([C@@H](Br)[C@H]3Br)[C@@H]2C1=O. The van der Waals surface area contributed by atoms with Crippen molar-refractivity contribution in [2.45, 2.75) is 36.0 Å². The van der Waals surface area contributed by atoms with Crippen LogP contribution in [0.25, 0.3) is 0 Å². The molecule has 4 rings (SSSR count). The highest BCUT2D eigenvalue weighted by atomic mass is 79.9. The number of ether oxygens (including phenoxy) is 1. The van der Waals surface area contributed by atoms with Crippen molar-refractivity contribution < 1.29 is 23.9 Å². The van der Waals surface area contributed by atoms with E-state index < -0.39 is 30.5 Å². The average Bonchev–Trinajstić information content (AvgIpc) is 3.33. The second-order valence-electron chi connectivity index (χ2n) is 8.78. The standard InChI is InChI=1S/C22H22Br3NO5/c1-9(2)19(22(30)31-8-14(27)10-3-5-11(23)6-4-10)26-20(28)15-12-7-13(16(15)21(26)29)18(25)17(12)24/h3-6,9,12-13,15-19H,7-8H2,1-2H3/t12-,13-,15-,16-,17-,18+,19-/m0/s1. The molecule has 6 nitrogen and oxygen atoms in total. The third-order valence-electron chi connectivity index (χ3n) is 6.68. The van der Waals surface area contributed by atoms with Crippen LogP contribution in [0.5, 0.6) is 0 Å². The third kappa shape index (κ3) is 3.84. The van der Waals surface area contributed by atoms with E-state index in [1.807, 2.05) is 0 Å². The molecule has 3 aliphatic rings. The van der Waals surface area contributed by atoms with Crippen LogP contribution in [-0.4, -0.2) is 50.8 Å². The first-order chi connectivity index (χ1) is 14.6. The fourth-order valence-corrected chi connectivity index (χ4v) is 7.40. The van der Waals surface area contributed by atoms with E-state index in [-0.39, 0.29) is 45.0 Å². The lowest BCUT2D eigenvalue weighted by Crippen LogP contribution is -2.50. The van der Waals surface area contributed by atoms with Crippen molar-refractivity contribution in [1.29, 1.82) is 0 Å². The number of imide groups is 1. The minimum Gasteiger partial charge on any atom is -0.456 e. The Bertz CT molecular complexity index is 902. The molecule has 1 aromatic rings. The van der Waals surface area contributed by atoms with Gasteiger partial charge in [-0.1, -0.05) is 73.8 Å². The normalized spacial score (nSPS) is 32.5. The van der Waals surface area contributed by atoms with Gasteiger partial charge in [-0.3, -0.25) is 19.3 Å². The van der Waals surface area contributed by atoms with E-state index in [0.717, 1.165) is 15.8 Å². The first-order valence-corrected chi connectivity index (χ1v) is 12.9. The molecule has 1 aromatic carbocycles. The van der Waals surface area contributed by atoms with Gasteiger partial charge in [0.05, 0.1) is 11.8 Å². The molecule has 0 spiro atoms. The molecule has 1 heterocycles. The maximum Gasteiger partial charge on any atom is 0.330 e. The highest BCUT2D eigenvalue weighted by Crippen LogP contribution is 2.60. The molecule has 31 heavy (non-hydrogen) atoms. The van der Waals surface area contributed by atoms with Gasteiger partial charge in [0.2, 0.25) is 11.8 Å². The van der Waals surface area contributed by atoms with Gasteiger partial charge in [0.25, 0.3) is 0 Å². The van der Waals surface area contributed by atoms with E-state index in [9.17, 15) is 19.2 Å². The molecule has 166 valence electrons. The zero-order valence-electron chi connectivity index (χ0n) is 17.0. The lowest BCUT2D eigenvalue weighted by atomic mass is 9.81. The van der Waals surface area contributed by atoms with Crippen molar-refractivity contribution in [3.63, 3.8) is 0 Å². The van der Waals surface area contributed by atoms with Gasteiger partial charge >= 0.3 is 5.97 Å². The number of ketones is 1. The van der Waals surface area contributed by atoms with Crippen LogP contribution in [0.4, 0.5) is 0 Å². The molecule has 1 aliphatic heterocycles. The van der Waals surface area contributed by atoms with Crippen LogP contribution in [0, 0.1) is 29.6 Å². The molecule has 2 bridgehead atoms. The van der Waals surface area contributed by atoms with Crippen LogP contribution < -0.4 is 0 Å². The molecule has 2 aliphatic carbocycles. The van der Waals surface area contributed by atoms with E-state index in [1.54, 1.807) is 38.1 Å². The van der Waals surface area contributed by atoms with E-state index in [2.05, 4.69) is 47.8 Å². The topological polar surface area (TPSA) is 80.8 Å². The number of alkyl halides is 2. The smallest absolute Gasteiger partial charge is 0.330 e. The van der Waals surface area contributed by atoms with Gasteiger partial charge in [-0.15, -0.1) is 0 Å². The second kappa shape index (κ2) is 8.71. The predicted octanol–water partition coefficient (Wildman–Crippen LogP) is 3.98. The maximum atomic E-state index is 13.3. The number of amides is 2. The number of hydrogen-bond donors (Lipinski definition) is 0. The molecule has 0 N–H and O–H groups in total. The molecule has 0 radical (unpaired) electrons. The number of esters is 1. The third-order valence-corrected chi connectivity index (χ3v) is 10.4. The van der Waals surface area contributed by atoms with Crippen molar-refractivity contribution in [1.82, 2.24) is 4.90 Å². The van der Waals surface area contributed by atoms with Gasteiger partial charge in [0.1, 0.15) is 6.04 Å². The summed E-state index contributed by atoms with van der Waals surface area (Å²) in [6.45, 7) is 3.10. The second-order valence-corrected chi connectivity index (χ2v) is 11.8. The summed E-state index contributed by atoms with van der Waals surface area (Å²) < 4.78 is 6.13. The van der Waals surface area contributed by atoms with E-state index >= 15 is 0 Å². The molecule has 7 atom stereocenters. The Labute approximate surface area is 205 Å². The summed E-state index contributed by atoms with van der Waals surface area (Å²) in [7, 11) is 0. The van der Waals surface area contributed by atoms with Crippen molar-refractivity contribution >= 4 is 71.4 Å². The maximum absolute atomic E-state index is 13.3. The number of Topliss-reactive ketones (excluding diaryl/α,β-unsaturated/α-hetero) is 1. The van der Waals surface area contributed by atoms with Crippen LogP contribution in [0.15, 0.2) is 28.7 Å². The van der Waals surface area contributed by atoms with Crippen LogP contribution in [0.1, 0.15) is 30.6 Å². The van der Waals surface area contributed by atoms with Crippen LogP contribution in [0.3, 0.4) is 0 Å².